The van der Waals surface area contributed by atoms with Gasteiger partial charge in [0.25, 0.3) is 0 Å². The van der Waals surface area contributed by atoms with Crippen LogP contribution in [0.3, 0.4) is 0 Å². The number of benzene rings is 2. The third-order valence-electron chi connectivity index (χ3n) is 5.29. The van der Waals surface area contributed by atoms with Gasteiger partial charge < -0.3 is 10.1 Å². The quantitative estimate of drug-likeness (QED) is 0.647. The summed E-state index contributed by atoms with van der Waals surface area (Å²) in [5.74, 6) is 0.242. The largest absolute Gasteiger partial charge is 0.494 e. The zero-order valence-electron chi connectivity index (χ0n) is 16.6. The topological polar surface area (TPSA) is 84.4 Å². The SMILES string of the molecule is COc1cc2c(NC3CCN(S(=O)(=O)Cc4ccccc4)CC3)ncnc2cc1F. The van der Waals surface area contributed by atoms with Gasteiger partial charge in [0.2, 0.25) is 10.0 Å². The lowest BCUT2D eigenvalue weighted by Crippen LogP contribution is -2.42. The molecule has 30 heavy (non-hydrogen) atoms. The highest BCUT2D eigenvalue weighted by Gasteiger charge is 2.28. The fourth-order valence-electron chi connectivity index (χ4n) is 3.68. The molecule has 3 aromatic rings. The zero-order chi connectivity index (χ0) is 21.1. The van der Waals surface area contributed by atoms with Crippen molar-refractivity contribution in [1.29, 1.82) is 0 Å². The number of sulfonamides is 1. The van der Waals surface area contributed by atoms with Crippen LogP contribution in [0.15, 0.2) is 48.8 Å². The first-order chi connectivity index (χ1) is 14.5. The molecule has 2 aromatic carbocycles. The summed E-state index contributed by atoms with van der Waals surface area (Å²) in [6.07, 6.45) is 2.69. The summed E-state index contributed by atoms with van der Waals surface area (Å²) in [6, 6.07) is 12.1. The van der Waals surface area contributed by atoms with Crippen molar-refractivity contribution in [3.8, 4) is 5.75 Å². The standard InChI is InChI=1S/C21H23FN4O3S/c1-29-20-11-17-19(12-18(20)22)23-14-24-21(17)25-16-7-9-26(10-8-16)30(27,28)13-15-5-3-2-4-6-15/h2-6,11-12,14,16H,7-10,13H2,1H3,(H,23,24,25). The number of methoxy groups -OCH3 is 1. The fraction of sp³-hybridized carbons (Fsp3) is 0.333. The first-order valence-electron chi connectivity index (χ1n) is 9.73. The summed E-state index contributed by atoms with van der Waals surface area (Å²) in [7, 11) is -1.95. The Morgan fingerprint density at radius 3 is 2.60 bits per heavy atom. The summed E-state index contributed by atoms with van der Waals surface area (Å²) >= 11 is 0. The van der Waals surface area contributed by atoms with E-state index in [0.717, 1.165) is 5.56 Å². The van der Waals surface area contributed by atoms with Crippen LogP contribution in [-0.4, -0.2) is 48.9 Å². The van der Waals surface area contributed by atoms with Gasteiger partial charge >= 0.3 is 0 Å². The minimum absolute atomic E-state index is 0.00778. The van der Waals surface area contributed by atoms with Gasteiger partial charge in [0.15, 0.2) is 11.6 Å². The van der Waals surface area contributed by atoms with Crippen LogP contribution >= 0.6 is 0 Å². The molecule has 1 aliphatic heterocycles. The van der Waals surface area contributed by atoms with E-state index in [9.17, 15) is 12.8 Å². The number of nitrogens with zero attached hydrogens (tertiary/aromatic N) is 3. The van der Waals surface area contributed by atoms with E-state index in [0.29, 0.717) is 42.7 Å². The summed E-state index contributed by atoms with van der Waals surface area (Å²) < 4.78 is 46.0. The van der Waals surface area contributed by atoms with Gasteiger partial charge in [-0.25, -0.2) is 27.1 Å². The Morgan fingerprint density at radius 1 is 1.17 bits per heavy atom. The molecule has 1 aliphatic rings. The molecule has 9 heteroatoms. The number of nitrogens with one attached hydrogen (secondary N) is 1. The van der Waals surface area contributed by atoms with Crippen LogP contribution < -0.4 is 10.1 Å². The van der Waals surface area contributed by atoms with Gasteiger partial charge in [-0.2, -0.15) is 0 Å². The van der Waals surface area contributed by atoms with Crippen LogP contribution in [-0.2, 0) is 15.8 Å². The molecule has 0 aliphatic carbocycles. The average Bonchev–Trinajstić information content (AvgIpc) is 2.74. The number of anilines is 1. The highest BCUT2D eigenvalue weighted by atomic mass is 32.2. The molecule has 158 valence electrons. The fourth-order valence-corrected chi connectivity index (χ4v) is 5.24. The molecule has 1 aromatic heterocycles. The predicted molar refractivity (Wildman–Crippen MR) is 113 cm³/mol. The molecule has 0 spiro atoms. The van der Waals surface area contributed by atoms with E-state index >= 15 is 0 Å². The molecule has 4 rings (SSSR count). The lowest BCUT2D eigenvalue weighted by atomic mass is 10.1. The monoisotopic (exact) mass is 430 g/mol. The smallest absolute Gasteiger partial charge is 0.218 e. The Hall–Kier alpha value is -2.78. The third kappa shape index (κ3) is 4.36. The lowest BCUT2D eigenvalue weighted by Gasteiger charge is -2.32. The number of halogens is 1. The van der Waals surface area contributed by atoms with E-state index < -0.39 is 15.8 Å². The predicted octanol–water partition coefficient (Wildman–Crippen LogP) is 3.18. The molecule has 0 radical (unpaired) electrons. The first kappa shape index (κ1) is 20.5. The Kier molecular flexibility index (Phi) is 5.83. The van der Waals surface area contributed by atoms with Gasteiger partial charge in [0.05, 0.1) is 18.4 Å². The number of ether oxygens (including phenoxy) is 1. The number of fused-ring (bicyclic) bond motifs is 1. The average molecular weight is 431 g/mol. The summed E-state index contributed by atoms with van der Waals surface area (Å²) in [5.41, 5.74) is 1.26. The molecule has 1 saturated heterocycles. The van der Waals surface area contributed by atoms with E-state index in [1.54, 1.807) is 10.4 Å². The lowest BCUT2D eigenvalue weighted by molar-refractivity contribution is 0.329. The number of piperidine rings is 1. The minimum atomic E-state index is -3.36. The van der Waals surface area contributed by atoms with Gasteiger partial charge in [-0.05, 0) is 24.5 Å². The van der Waals surface area contributed by atoms with Gasteiger partial charge in [-0.3, -0.25) is 0 Å². The van der Waals surface area contributed by atoms with E-state index in [1.807, 2.05) is 30.3 Å². The number of rotatable bonds is 6. The van der Waals surface area contributed by atoms with Crippen molar-refractivity contribution in [3.05, 3.63) is 60.2 Å². The van der Waals surface area contributed by atoms with Crippen LogP contribution in [0.25, 0.3) is 10.9 Å². The minimum Gasteiger partial charge on any atom is -0.494 e. The molecule has 0 amide bonds. The molecular formula is C21H23FN4O3S. The maximum absolute atomic E-state index is 14.0. The highest BCUT2D eigenvalue weighted by Crippen LogP contribution is 2.29. The highest BCUT2D eigenvalue weighted by molar-refractivity contribution is 7.88. The van der Waals surface area contributed by atoms with Gasteiger partial charge in [-0.1, -0.05) is 30.3 Å². The Bertz CT molecular complexity index is 1130. The van der Waals surface area contributed by atoms with Crippen LogP contribution in [0.1, 0.15) is 18.4 Å². The summed E-state index contributed by atoms with van der Waals surface area (Å²) in [5, 5.41) is 4.03. The van der Waals surface area contributed by atoms with Gasteiger partial charge in [0, 0.05) is 30.6 Å². The molecular weight excluding hydrogens is 407 g/mol. The first-order valence-corrected chi connectivity index (χ1v) is 11.3. The van der Waals surface area contributed by atoms with Crippen molar-refractivity contribution >= 4 is 26.7 Å². The van der Waals surface area contributed by atoms with Crippen LogP contribution in [0.4, 0.5) is 10.2 Å². The van der Waals surface area contributed by atoms with Crippen molar-refractivity contribution in [2.75, 3.05) is 25.5 Å². The third-order valence-corrected chi connectivity index (χ3v) is 7.14. The molecule has 1 N–H and O–H groups in total. The van der Waals surface area contributed by atoms with Crippen molar-refractivity contribution < 1.29 is 17.5 Å². The second-order valence-corrected chi connectivity index (χ2v) is 9.25. The molecule has 0 saturated carbocycles. The van der Waals surface area contributed by atoms with Crippen LogP contribution in [0, 0.1) is 5.82 Å². The van der Waals surface area contributed by atoms with Crippen LogP contribution in [0.5, 0.6) is 5.75 Å². The summed E-state index contributed by atoms with van der Waals surface area (Å²) in [4.78, 5) is 8.42. The summed E-state index contributed by atoms with van der Waals surface area (Å²) in [6.45, 7) is 0.877. The molecule has 2 heterocycles. The second kappa shape index (κ2) is 8.53. The van der Waals surface area contributed by atoms with Crippen molar-refractivity contribution in [3.63, 3.8) is 0 Å². The molecule has 1 fully saturated rings. The Balaban J connectivity index is 1.44. The van der Waals surface area contributed by atoms with E-state index in [-0.39, 0.29) is 17.5 Å². The van der Waals surface area contributed by atoms with E-state index in [1.165, 1.54) is 19.5 Å². The van der Waals surface area contributed by atoms with Crippen molar-refractivity contribution in [1.82, 2.24) is 14.3 Å². The van der Waals surface area contributed by atoms with E-state index in [4.69, 9.17) is 4.74 Å². The van der Waals surface area contributed by atoms with Crippen molar-refractivity contribution in [2.24, 2.45) is 0 Å². The van der Waals surface area contributed by atoms with Gasteiger partial charge in [-0.15, -0.1) is 0 Å². The molecule has 7 nitrogen and oxygen atoms in total. The molecule has 0 atom stereocenters. The van der Waals surface area contributed by atoms with Gasteiger partial charge in [0.1, 0.15) is 12.1 Å². The van der Waals surface area contributed by atoms with Crippen LogP contribution in [0.2, 0.25) is 0 Å². The molecule has 0 unspecified atom stereocenters. The zero-order valence-corrected chi connectivity index (χ0v) is 17.4. The second-order valence-electron chi connectivity index (χ2n) is 7.29. The Labute approximate surface area is 175 Å². The Morgan fingerprint density at radius 2 is 1.90 bits per heavy atom. The molecule has 0 bridgehead atoms. The van der Waals surface area contributed by atoms with E-state index in [2.05, 4.69) is 15.3 Å². The number of aromatic nitrogens is 2. The maximum Gasteiger partial charge on any atom is 0.218 e. The van der Waals surface area contributed by atoms with Crippen molar-refractivity contribution in [2.45, 2.75) is 24.6 Å². The number of hydrogen-bond acceptors (Lipinski definition) is 6. The normalized spacial score (nSPS) is 15.9. The maximum atomic E-state index is 14.0. The number of hydrogen-bond donors (Lipinski definition) is 1.